The van der Waals surface area contributed by atoms with Gasteiger partial charge in [-0.2, -0.15) is 0 Å². The van der Waals surface area contributed by atoms with Crippen LogP contribution in [-0.2, 0) is 35.1 Å². The summed E-state index contributed by atoms with van der Waals surface area (Å²) in [5.74, 6) is -0.869. The maximum atomic E-state index is 14.4. The number of amides is 4. The van der Waals surface area contributed by atoms with Crippen LogP contribution in [0.2, 0.25) is 0 Å². The van der Waals surface area contributed by atoms with Crippen molar-refractivity contribution in [3.63, 3.8) is 0 Å². The van der Waals surface area contributed by atoms with Crippen LogP contribution in [0.15, 0.2) is 54.6 Å². The Morgan fingerprint density at radius 1 is 0.869 bits per heavy atom. The molecule has 4 amide bonds. The Balaban J connectivity index is 1.79. The Hall–Kier alpha value is -4.33. The molecule has 2 aromatic rings. The first-order valence-electron chi connectivity index (χ1n) is 22.1. The lowest BCUT2D eigenvalue weighted by Crippen LogP contribution is -2.59. The van der Waals surface area contributed by atoms with E-state index < -0.39 is 36.3 Å². The molecule has 0 bridgehead atoms. The van der Waals surface area contributed by atoms with Crippen molar-refractivity contribution < 1.29 is 33.4 Å². The molecule has 0 spiro atoms. The molecule has 61 heavy (non-hydrogen) atoms. The highest BCUT2D eigenvalue weighted by atomic mass is 16.5. The van der Waals surface area contributed by atoms with Gasteiger partial charge in [-0.1, -0.05) is 85.2 Å². The summed E-state index contributed by atoms with van der Waals surface area (Å²) in [6.07, 6.45) is 1.55. The number of carbonyl (C=O) groups excluding carboxylic acids is 4. The molecule has 340 valence electrons. The van der Waals surface area contributed by atoms with Crippen LogP contribution in [-0.4, -0.2) is 135 Å². The molecule has 1 heterocycles. The zero-order valence-corrected chi connectivity index (χ0v) is 39.2. The van der Waals surface area contributed by atoms with Crippen molar-refractivity contribution in [2.75, 3.05) is 48.5 Å². The largest absolute Gasteiger partial charge is 0.491 e. The molecule has 0 saturated carbocycles. The molecule has 0 radical (unpaired) electrons. The highest BCUT2D eigenvalue weighted by molar-refractivity contribution is 5.96. The monoisotopic (exact) mass is 849 g/mol. The molecule has 2 aromatic carbocycles. The highest BCUT2D eigenvalue weighted by Crippen LogP contribution is 2.30. The maximum Gasteiger partial charge on any atom is 0.245 e. The predicted octanol–water partition coefficient (Wildman–Crippen LogP) is 5.83. The molecule has 3 N–H and O–H groups in total. The quantitative estimate of drug-likeness (QED) is 0.112. The zero-order chi connectivity index (χ0) is 45.6. The normalized spacial score (nSPS) is 18.2. The summed E-state index contributed by atoms with van der Waals surface area (Å²) in [6, 6.07) is 15.0. The van der Waals surface area contributed by atoms with Gasteiger partial charge in [-0.15, -0.1) is 0 Å². The van der Waals surface area contributed by atoms with Crippen molar-refractivity contribution in [2.24, 2.45) is 23.7 Å². The van der Waals surface area contributed by atoms with E-state index in [0.29, 0.717) is 30.8 Å². The molecule has 8 unspecified atom stereocenters. The van der Waals surface area contributed by atoms with Crippen LogP contribution in [0.25, 0.3) is 0 Å². The molecule has 1 fully saturated rings. The number of carbonyl (C=O) groups is 4. The maximum absolute atomic E-state index is 14.4. The zero-order valence-electron chi connectivity index (χ0n) is 39.2. The minimum atomic E-state index is -0.765. The van der Waals surface area contributed by atoms with Gasteiger partial charge >= 0.3 is 0 Å². The molecule has 1 saturated heterocycles. The summed E-state index contributed by atoms with van der Waals surface area (Å²) < 4.78 is 18.3. The van der Waals surface area contributed by atoms with Crippen molar-refractivity contribution in [1.82, 2.24) is 25.3 Å². The van der Waals surface area contributed by atoms with Crippen molar-refractivity contribution in [2.45, 2.75) is 130 Å². The molecule has 13 nitrogen and oxygen atoms in total. The summed E-state index contributed by atoms with van der Waals surface area (Å²) >= 11 is 0. The van der Waals surface area contributed by atoms with Gasteiger partial charge in [-0.25, -0.2) is 0 Å². The van der Waals surface area contributed by atoms with E-state index >= 15 is 0 Å². The van der Waals surface area contributed by atoms with E-state index in [9.17, 15) is 19.2 Å². The molecule has 1 aliphatic heterocycles. The van der Waals surface area contributed by atoms with Gasteiger partial charge in [0.15, 0.2) is 0 Å². The van der Waals surface area contributed by atoms with Gasteiger partial charge in [0, 0.05) is 33.5 Å². The standard InChI is InChI=1S/C48H76N6O7/c1-14-32(6)44(53(11)48(58)42(30(2)3)51-47(57)43(31(4)5)52(9)10)40(59-12)28-41(55)54-26-18-21-39(54)45(60-13)33(7)46(56)50-37(27-35-19-16-15-17-20-35)29-61-38-24-22-36(23-25-38)34(8)49/h15-17,19-20,22-25,30-33,37,39-40,42-45,49H,14,18,21,26-29H2,1-13H3,(H,50,56)(H,51,57)/t32?,33?,37?,39?,40?,42-,43?,44?,45?/m0/s1. The number of methoxy groups -OCH3 is 2. The lowest BCUT2D eigenvalue weighted by molar-refractivity contribution is -0.148. The van der Waals surface area contributed by atoms with E-state index in [1.807, 2.05) is 113 Å². The van der Waals surface area contributed by atoms with Crippen LogP contribution in [0.4, 0.5) is 0 Å². The second-order valence-corrected chi connectivity index (χ2v) is 17.8. The van der Waals surface area contributed by atoms with Gasteiger partial charge < -0.3 is 40.1 Å². The summed E-state index contributed by atoms with van der Waals surface area (Å²) in [4.78, 5) is 61.7. The third-order valence-electron chi connectivity index (χ3n) is 12.4. The molecular formula is C48H76N6O7. The number of likely N-dealkylation sites (N-methyl/N-ethyl adjacent to an activating group) is 2. The number of ether oxygens (including phenoxy) is 3. The number of likely N-dealkylation sites (tertiary alicyclic amines) is 1. The lowest BCUT2D eigenvalue weighted by Gasteiger charge is -2.41. The number of hydrogen-bond donors (Lipinski definition) is 3. The summed E-state index contributed by atoms with van der Waals surface area (Å²) in [5, 5.41) is 14.2. The second kappa shape index (κ2) is 24.3. The van der Waals surface area contributed by atoms with E-state index in [1.54, 1.807) is 33.1 Å². The predicted molar refractivity (Wildman–Crippen MR) is 242 cm³/mol. The van der Waals surface area contributed by atoms with Gasteiger partial charge in [-0.05, 0) is 93.4 Å². The van der Waals surface area contributed by atoms with E-state index in [0.717, 1.165) is 24.0 Å². The fraction of sp³-hybridized carbons (Fsp3) is 0.646. The topological polar surface area (TPSA) is 154 Å². The molecule has 9 atom stereocenters. The number of hydrogen-bond acceptors (Lipinski definition) is 9. The summed E-state index contributed by atoms with van der Waals surface area (Å²) in [5.41, 5.74) is 2.34. The van der Waals surface area contributed by atoms with Crippen LogP contribution in [0.3, 0.4) is 0 Å². The van der Waals surface area contributed by atoms with E-state index in [1.165, 1.54) is 0 Å². The van der Waals surface area contributed by atoms with Crippen molar-refractivity contribution in [3.8, 4) is 5.75 Å². The van der Waals surface area contributed by atoms with Crippen LogP contribution >= 0.6 is 0 Å². The minimum Gasteiger partial charge on any atom is -0.491 e. The number of nitrogens with one attached hydrogen (secondary N) is 3. The van der Waals surface area contributed by atoms with Gasteiger partial charge in [0.2, 0.25) is 23.6 Å². The lowest BCUT2D eigenvalue weighted by atomic mass is 9.89. The number of rotatable bonds is 24. The molecule has 0 aromatic heterocycles. The van der Waals surface area contributed by atoms with Gasteiger partial charge in [0.25, 0.3) is 0 Å². The number of nitrogens with zero attached hydrogens (tertiary/aromatic N) is 3. The first-order valence-corrected chi connectivity index (χ1v) is 22.1. The molecule has 0 aliphatic carbocycles. The first kappa shape index (κ1) is 51.0. The molecule has 13 heteroatoms. The summed E-state index contributed by atoms with van der Waals surface area (Å²) in [6.45, 7) is 16.2. The third kappa shape index (κ3) is 14.1. The van der Waals surface area contributed by atoms with Crippen molar-refractivity contribution in [1.29, 1.82) is 5.41 Å². The minimum absolute atomic E-state index is 0.0247. The average Bonchev–Trinajstić information content (AvgIpc) is 3.71. The fourth-order valence-electron chi connectivity index (χ4n) is 8.79. The highest BCUT2D eigenvalue weighted by Gasteiger charge is 2.43. The summed E-state index contributed by atoms with van der Waals surface area (Å²) in [7, 11) is 8.63. The smallest absolute Gasteiger partial charge is 0.245 e. The van der Waals surface area contributed by atoms with Crippen molar-refractivity contribution >= 4 is 29.3 Å². The third-order valence-corrected chi connectivity index (χ3v) is 12.4. The van der Waals surface area contributed by atoms with Crippen LogP contribution in [0.1, 0.15) is 92.2 Å². The van der Waals surface area contributed by atoms with Crippen LogP contribution in [0.5, 0.6) is 5.75 Å². The average molecular weight is 849 g/mol. The van der Waals surface area contributed by atoms with Crippen LogP contribution in [0, 0.1) is 29.1 Å². The SMILES string of the molecule is CCC(C)C(C(CC(=O)N1CCCC1C(OC)C(C)C(=O)NC(COc1ccc(C(C)=N)cc1)Cc1ccccc1)OC)N(C)C(=O)[C@@H](NC(=O)C(C(C)C)N(C)C)C(C)C. The van der Waals surface area contributed by atoms with E-state index in [2.05, 4.69) is 24.5 Å². The number of benzene rings is 2. The van der Waals surface area contributed by atoms with Crippen LogP contribution < -0.4 is 15.4 Å². The van der Waals surface area contributed by atoms with Gasteiger partial charge in [-0.3, -0.25) is 24.1 Å². The van der Waals surface area contributed by atoms with Crippen molar-refractivity contribution in [3.05, 3.63) is 65.7 Å². The Labute approximate surface area is 366 Å². The molecular weight excluding hydrogens is 773 g/mol. The second-order valence-electron chi connectivity index (χ2n) is 17.8. The first-order chi connectivity index (χ1) is 28.9. The van der Waals surface area contributed by atoms with Gasteiger partial charge in [0.1, 0.15) is 18.4 Å². The molecule has 1 aliphatic rings. The van der Waals surface area contributed by atoms with E-state index in [4.69, 9.17) is 19.6 Å². The Kier molecular flexibility index (Phi) is 20.4. The van der Waals surface area contributed by atoms with Gasteiger partial charge in [0.05, 0.1) is 48.7 Å². The Morgan fingerprint density at radius 3 is 2.03 bits per heavy atom. The van der Waals surface area contributed by atoms with E-state index in [-0.39, 0.29) is 66.5 Å². The Morgan fingerprint density at radius 2 is 1.51 bits per heavy atom. The fourth-order valence-corrected chi connectivity index (χ4v) is 8.79. The molecule has 3 rings (SSSR count). The Bertz CT molecular complexity index is 1700.